The average Bonchev–Trinajstić information content (AvgIpc) is 3.32. The van der Waals surface area contributed by atoms with Crippen LogP contribution in [0.1, 0.15) is 79.3 Å². The van der Waals surface area contributed by atoms with E-state index in [1.807, 2.05) is 6.07 Å². The van der Waals surface area contributed by atoms with Crippen molar-refractivity contribution in [3.05, 3.63) is 28.8 Å². The second kappa shape index (κ2) is 6.18. The quantitative estimate of drug-likeness (QED) is 0.753. The van der Waals surface area contributed by atoms with E-state index in [-0.39, 0.29) is 6.29 Å². The molecule has 1 aliphatic carbocycles. The molecule has 1 atom stereocenters. The molecule has 1 heterocycles. The minimum absolute atomic E-state index is 0.204. The maximum Gasteiger partial charge on any atom is 0.199 e. The third-order valence-corrected chi connectivity index (χ3v) is 4.37. The van der Waals surface area contributed by atoms with E-state index < -0.39 is 0 Å². The summed E-state index contributed by atoms with van der Waals surface area (Å²) in [6.45, 7) is 5.09. The maximum atomic E-state index is 11.4. The number of hydrogen-bond acceptors (Lipinski definition) is 3. The van der Waals surface area contributed by atoms with Crippen molar-refractivity contribution in [1.29, 1.82) is 0 Å². The van der Waals surface area contributed by atoms with Crippen molar-refractivity contribution in [2.24, 2.45) is 0 Å². The molecule has 1 aliphatic heterocycles. The summed E-state index contributed by atoms with van der Waals surface area (Å²) >= 11 is 0. The minimum atomic E-state index is -0.204. The highest BCUT2D eigenvalue weighted by Crippen LogP contribution is 2.47. The van der Waals surface area contributed by atoms with Crippen LogP contribution in [0.25, 0.3) is 0 Å². The van der Waals surface area contributed by atoms with E-state index in [9.17, 15) is 4.79 Å². The fourth-order valence-corrected chi connectivity index (χ4v) is 3.14. The molecule has 21 heavy (non-hydrogen) atoms. The molecule has 0 N–H and O–H groups in total. The van der Waals surface area contributed by atoms with Crippen molar-refractivity contribution < 1.29 is 14.3 Å². The second-order valence-electron chi connectivity index (χ2n) is 6.45. The van der Waals surface area contributed by atoms with Crippen LogP contribution in [-0.2, 0) is 4.74 Å². The lowest BCUT2D eigenvalue weighted by atomic mass is 9.91. The van der Waals surface area contributed by atoms with Gasteiger partial charge in [-0.25, -0.2) is 0 Å². The van der Waals surface area contributed by atoms with Gasteiger partial charge in [0.15, 0.2) is 12.6 Å². The molecular weight excluding hydrogens is 264 g/mol. The Kier molecular flexibility index (Phi) is 4.29. The van der Waals surface area contributed by atoms with Crippen LogP contribution in [-0.4, -0.2) is 19.2 Å². The lowest BCUT2D eigenvalue weighted by Gasteiger charge is -2.27. The van der Waals surface area contributed by atoms with E-state index in [1.54, 1.807) is 0 Å². The van der Waals surface area contributed by atoms with Gasteiger partial charge in [-0.1, -0.05) is 19.9 Å². The molecule has 1 aromatic carbocycles. The van der Waals surface area contributed by atoms with Crippen LogP contribution < -0.4 is 4.74 Å². The first-order chi connectivity index (χ1) is 10.2. The molecule has 2 fully saturated rings. The van der Waals surface area contributed by atoms with Gasteiger partial charge in [0.05, 0.1) is 12.2 Å². The monoisotopic (exact) mass is 288 g/mol. The van der Waals surface area contributed by atoms with Crippen LogP contribution in [0, 0.1) is 0 Å². The Morgan fingerprint density at radius 2 is 2.05 bits per heavy atom. The average molecular weight is 288 g/mol. The molecule has 114 valence electrons. The number of hydrogen-bond donors (Lipinski definition) is 0. The van der Waals surface area contributed by atoms with Crippen molar-refractivity contribution in [1.82, 2.24) is 0 Å². The number of ether oxygens (including phenoxy) is 2. The number of carbonyl (C=O) groups excluding carboxylic acids is 1. The highest BCUT2D eigenvalue weighted by molar-refractivity contribution is 5.81. The topological polar surface area (TPSA) is 35.5 Å². The van der Waals surface area contributed by atoms with E-state index in [0.717, 1.165) is 37.9 Å². The molecule has 1 saturated carbocycles. The number of benzene rings is 1. The normalized spacial score (nSPS) is 22.3. The summed E-state index contributed by atoms with van der Waals surface area (Å²) in [6.07, 6.45) is 6.33. The lowest BCUT2D eigenvalue weighted by molar-refractivity contribution is -0.106. The second-order valence-corrected chi connectivity index (χ2v) is 6.45. The zero-order chi connectivity index (χ0) is 14.8. The van der Waals surface area contributed by atoms with Gasteiger partial charge in [-0.3, -0.25) is 4.79 Å². The molecule has 0 amide bonds. The first kappa shape index (κ1) is 14.6. The van der Waals surface area contributed by atoms with E-state index in [0.29, 0.717) is 17.4 Å². The number of rotatable bonds is 5. The Bertz CT molecular complexity index is 511. The summed E-state index contributed by atoms with van der Waals surface area (Å²) in [5.74, 6) is 1.76. The summed E-state index contributed by atoms with van der Waals surface area (Å²) in [4.78, 5) is 11.4. The van der Waals surface area contributed by atoms with Crippen molar-refractivity contribution >= 4 is 6.29 Å². The van der Waals surface area contributed by atoms with Crippen LogP contribution in [0.2, 0.25) is 0 Å². The van der Waals surface area contributed by atoms with Gasteiger partial charge in [-0.15, -0.1) is 0 Å². The minimum Gasteiger partial charge on any atom is -0.464 e. The molecule has 1 aromatic rings. The van der Waals surface area contributed by atoms with Gasteiger partial charge in [-0.2, -0.15) is 0 Å². The first-order valence-electron chi connectivity index (χ1n) is 8.11. The molecule has 0 spiro atoms. The maximum absolute atomic E-state index is 11.4. The fourth-order valence-electron chi connectivity index (χ4n) is 3.14. The molecular formula is C18H24O3. The van der Waals surface area contributed by atoms with Gasteiger partial charge in [0.25, 0.3) is 0 Å². The fraction of sp³-hybridized carbons (Fsp3) is 0.611. The van der Waals surface area contributed by atoms with Crippen LogP contribution in [0.5, 0.6) is 5.75 Å². The van der Waals surface area contributed by atoms with Crippen LogP contribution in [0.15, 0.2) is 12.1 Å². The first-order valence-corrected chi connectivity index (χ1v) is 8.11. The third-order valence-electron chi connectivity index (χ3n) is 4.37. The van der Waals surface area contributed by atoms with Crippen molar-refractivity contribution in [2.75, 3.05) is 6.61 Å². The zero-order valence-corrected chi connectivity index (χ0v) is 12.9. The molecule has 0 aromatic heterocycles. The molecule has 0 radical (unpaired) electrons. The van der Waals surface area contributed by atoms with Gasteiger partial charge in [-0.05, 0) is 49.1 Å². The van der Waals surface area contributed by atoms with Gasteiger partial charge >= 0.3 is 0 Å². The largest absolute Gasteiger partial charge is 0.464 e. The third kappa shape index (κ3) is 3.13. The lowest BCUT2D eigenvalue weighted by Crippen LogP contribution is -2.26. The molecule has 3 rings (SSSR count). The predicted molar refractivity (Wildman–Crippen MR) is 82.1 cm³/mol. The molecule has 3 heteroatoms. The summed E-state index contributed by atoms with van der Waals surface area (Å²) in [5, 5.41) is 0. The summed E-state index contributed by atoms with van der Waals surface area (Å²) < 4.78 is 11.8. The van der Waals surface area contributed by atoms with Crippen LogP contribution in [0.4, 0.5) is 0 Å². The van der Waals surface area contributed by atoms with E-state index >= 15 is 0 Å². The highest BCUT2D eigenvalue weighted by atomic mass is 16.7. The van der Waals surface area contributed by atoms with Gasteiger partial charge in [0.1, 0.15) is 5.75 Å². The Morgan fingerprint density at radius 3 is 2.62 bits per heavy atom. The number of carbonyl (C=O) groups is 1. The molecule has 2 aliphatic rings. The molecule has 1 saturated heterocycles. The Labute approximate surface area is 126 Å². The van der Waals surface area contributed by atoms with Crippen molar-refractivity contribution in [2.45, 2.75) is 64.1 Å². The Balaban J connectivity index is 1.97. The van der Waals surface area contributed by atoms with Gasteiger partial charge < -0.3 is 9.47 Å². The Hall–Kier alpha value is -1.35. The highest BCUT2D eigenvalue weighted by Gasteiger charge is 2.30. The van der Waals surface area contributed by atoms with Gasteiger partial charge in [0, 0.05) is 12.0 Å². The standard InChI is InChI=1S/C18H24O3/c1-12(2)17-15(13-6-7-13)9-8-14(11-19)18(17)21-16-5-3-4-10-20-16/h8-9,11-13,16H,3-7,10H2,1-2H3. The van der Waals surface area contributed by atoms with Crippen molar-refractivity contribution in [3.8, 4) is 5.75 Å². The van der Waals surface area contributed by atoms with Crippen LogP contribution in [0.3, 0.4) is 0 Å². The number of aldehydes is 1. The summed E-state index contributed by atoms with van der Waals surface area (Å²) in [6, 6.07) is 4.02. The molecule has 3 nitrogen and oxygen atoms in total. The smallest absolute Gasteiger partial charge is 0.199 e. The van der Waals surface area contributed by atoms with Crippen LogP contribution >= 0.6 is 0 Å². The molecule has 1 unspecified atom stereocenters. The van der Waals surface area contributed by atoms with Gasteiger partial charge in [0.2, 0.25) is 0 Å². The molecule has 0 bridgehead atoms. The SMILES string of the molecule is CC(C)c1c(C2CC2)ccc(C=O)c1OC1CCCCO1. The van der Waals surface area contributed by atoms with Crippen molar-refractivity contribution in [3.63, 3.8) is 0 Å². The predicted octanol–water partition coefficient (Wildman–Crippen LogP) is 4.41. The van der Waals surface area contributed by atoms with E-state index in [4.69, 9.17) is 9.47 Å². The zero-order valence-electron chi connectivity index (χ0n) is 12.9. The van der Waals surface area contributed by atoms with E-state index in [2.05, 4.69) is 19.9 Å². The summed E-state index contributed by atoms with van der Waals surface area (Å²) in [5.41, 5.74) is 3.22. The van der Waals surface area contributed by atoms with E-state index in [1.165, 1.54) is 24.0 Å². The Morgan fingerprint density at radius 1 is 1.24 bits per heavy atom. The summed E-state index contributed by atoms with van der Waals surface area (Å²) in [7, 11) is 0.